The minimum atomic E-state index is -0.690. The molecular weight excluding hydrogens is 318 g/mol. The molecule has 0 atom stereocenters. The zero-order valence-electron chi connectivity index (χ0n) is 16.2. The Morgan fingerprint density at radius 2 is 0.920 bits per heavy atom. The summed E-state index contributed by atoms with van der Waals surface area (Å²) < 4.78 is 0. The lowest BCUT2D eigenvalue weighted by atomic mass is 10.0. The maximum Gasteiger partial charge on any atom is 0.254 e. The van der Waals surface area contributed by atoms with Crippen LogP contribution in [0.25, 0.3) is 0 Å². The number of aliphatic hydroxyl groups is 2. The molecule has 5 nitrogen and oxygen atoms in total. The normalized spacial score (nSPS) is 10.8. The van der Waals surface area contributed by atoms with Gasteiger partial charge in [0.05, 0.1) is 0 Å². The SMILES string of the molecule is CCCCCCCCCCCCCCCCN(C(=O)CO)C(=O)CO. The molecule has 0 unspecified atom stereocenters. The highest BCUT2D eigenvalue weighted by Gasteiger charge is 2.18. The highest BCUT2D eigenvalue weighted by Crippen LogP contribution is 2.13. The van der Waals surface area contributed by atoms with Crippen molar-refractivity contribution < 1.29 is 19.8 Å². The van der Waals surface area contributed by atoms with Crippen LogP contribution in [0, 0.1) is 0 Å². The predicted molar refractivity (Wildman–Crippen MR) is 101 cm³/mol. The molecule has 0 bridgehead atoms. The number of hydrogen-bond acceptors (Lipinski definition) is 4. The molecule has 0 aromatic heterocycles. The molecule has 0 saturated carbocycles. The second-order valence-electron chi connectivity index (χ2n) is 6.85. The van der Waals surface area contributed by atoms with Gasteiger partial charge in [0.15, 0.2) is 0 Å². The summed E-state index contributed by atoms with van der Waals surface area (Å²) in [4.78, 5) is 23.8. The lowest BCUT2D eigenvalue weighted by Crippen LogP contribution is -2.41. The molecule has 2 amide bonds. The van der Waals surface area contributed by atoms with Crippen molar-refractivity contribution in [2.75, 3.05) is 19.8 Å². The zero-order chi connectivity index (χ0) is 18.8. The third-order valence-electron chi connectivity index (χ3n) is 4.61. The molecule has 0 aliphatic carbocycles. The summed E-state index contributed by atoms with van der Waals surface area (Å²) in [5.74, 6) is -1.26. The smallest absolute Gasteiger partial charge is 0.254 e. The van der Waals surface area contributed by atoms with Crippen molar-refractivity contribution in [2.45, 2.75) is 96.8 Å². The summed E-state index contributed by atoms with van der Waals surface area (Å²) in [6.07, 6.45) is 17.5. The van der Waals surface area contributed by atoms with Gasteiger partial charge in [0.2, 0.25) is 0 Å². The molecular formula is C20H39NO4. The molecule has 148 valence electrons. The molecule has 0 heterocycles. The maximum absolute atomic E-state index is 11.4. The Labute approximate surface area is 153 Å². The van der Waals surface area contributed by atoms with Crippen molar-refractivity contribution in [3.8, 4) is 0 Å². The Bertz CT molecular complexity index is 318. The van der Waals surface area contributed by atoms with Gasteiger partial charge >= 0.3 is 0 Å². The van der Waals surface area contributed by atoms with E-state index in [2.05, 4.69) is 6.92 Å². The first-order valence-electron chi connectivity index (χ1n) is 10.2. The number of hydrogen-bond donors (Lipinski definition) is 2. The van der Waals surface area contributed by atoms with Crippen molar-refractivity contribution in [3.05, 3.63) is 0 Å². The Balaban J connectivity index is 3.43. The molecule has 0 saturated heterocycles. The van der Waals surface area contributed by atoms with Gasteiger partial charge in [0, 0.05) is 6.54 Å². The van der Waals surface area contributed by atoms with Gasteiger partial charge < -0.3 is 10.2 Å². The van der Waals surface area contributed by atoms with Crippen molar-refractivity contribution in [1.82, 2.24) is 4.90 Å². The monoisotopic (exact) mass is 357 g/mol. The highest BCUT2D eigenvalue weighted by atomic mass is 16.3. The lowest BCUT2D eigenvalue weighted by molar-refractivity contribution is -0.148. The molecule has 0 fully saturated rings. The van der Waals surface area contributed by atoms with Crippen LogP contribution in [-0.4, -0.2) is 46.7 Å². The second kappa shape index (κ2) is 17.9. The number of imide groups is 1. The number of unbranched alkanes of at least 4 members (excludes halogenated alkanes) is 13. The fraction of sp³-hybridized carbons (Fsp3) is 0.900. The molecule has 0 aliphatic rings. The number of aliphatic hydroxyl groups excluding tert-OH is 2. The van der Waals surface area contributed by atoms with Crippen LogP contribution in [0.3, 0.4) is 0 Å². The van der Waals surface area contributed by atoms with Crippen molar-refractivity contribution >= 4 is 11.8 Å². The highest BCUT2D eigenvalue weighted by molar-refractivity contribution is 5.96. The fourth-order valence-electron chi connectivity index (χ4n) is 3.02. The van der Waals surface area contributed by atoms with E-state index in [9.17, 15) is 9.59 Å². The molecule has 0 aliphatic heterocycles. The number of rotatable bonds is 17. The summed E-state index contributed by atoms with van der Waals surface area (Å²) in [7, 11) is 0. The maximum atomic E-state index is 11.4. The number of nitrogens with zero attached hydrogens (tertiary/aromatic N) is 1. The van der Waals surface area contributed by atoms with E-state index in [1.807, 2.05) is 0 Å². The average molecular weight is 358 g/mol. The largest absolute Gasteiger partial charge is 0.387 e. The van der Waals surface area contributed by atoms with E-state index >= 15 is 0 Å². The lowest BCUT2D eigenvalue weighted by Gasteiger charge is -2.18. The first kappa shape index (κ1) is 24.1. The van der Waals surface area contributed by atoms with Crippen LogP contribution in [-0.2, 0) is 9.59 Å². The van der Waals surface area contributed by atoms with E-state index in [0.29, 0.717) is 0 Å². The second-order valence-corrected chi connectivity index (χ2v) is 6.85. The third-order valence-corrected chi connectivity index (χ3v) is 4.61. The Morgan fingerprint density at radius 1 is 0.600 bits per heavy atom. The Kier molecular flexibility index (Phi) is 17.2. The van der Waals surface area contributed by atoms with Crippen LogP contribution < -0.4 is 0 Å². The summed E-state index contributed by atoms with van der Waals surface area (Å²) in [5.41, 5.74) is 0. The van der Waals surface area contributed by atoms with Gasteiger partial charge in [-0.2, -0.15) is 0 Å². The van der Waals surface area contributed by atoms with Crippen LogP contribution in [0.15, 0.2) is 0 Å². The fourth-order valence-corrected chi connectivity index (χ4v) is 3.02. The van der Waals surface area contributed by atoms with Gasteiger partial charge in [-0.1, -0.05) is 90.4 Å². The average Bonchev–Trinajstić information content (AvgIpc) is 2.63. The van der Waals surface area contributed by atoms with E-state index in [4.69, 9.17) is 10.2 Å². The first-order chi connectivity index (χ1) is 12.2. The van der Waals surface area contributed by atoms with Gasteiger partial charge in [-0.25, -0.2) is 0 Å². The van der Waals surface area contributed by atoms with Gasteiger partial charge in [0.1, 0.15) is 13.2 Å². The summed E-state index contributed by atoms with van der Waals surface area (Å²) in [6.45, 7) is 1.16. The number of carbonyl (C=O) groups is 2. The van der Waals surface area contributed by atoms with Gasteiger partial charge in [-0.15, -0.1) is 0 Å². The van der Waals surface area contributed by atoms with Crippen LogP contribution in [0.5, 0.6) is 0 Å². The minimum Gasteiger partial charge on any atom is -0.387 e. The quantitative estimate of drug-likeness (QED) is 0.388. The molecule has 0 spiro atoms. The van der Waals surface area contributed by atoms with E-state index < -0.39 is 25.0 Å². The summed E-state index contributed by atoms with van der Waals surface area (Å²) in [6, 6.07) is 0. The molecule has 0 aromatic rings. The zero-order valence-corrected chi connectivity index (χ0v) is 16.2. The van der Waals surface area contributed by atoms with E-state index in [0.717, 1.165) is 24.2 Å². The minimum absolute atomic E-state index is 0.289. The molecule has 0 radical (unpaired) electrons. The van der Waals surface area contributed by atoms with Gasteiger partial charge in [-0.05, 0) is 6.42 Å². The number of amides is 2. The van der Waals surface area contributed by atoms with Gasteiger partial charge in [-0.3, -0.25) is 14.5 Å². The molecule has 25 heavy (non-hydrogen) atoms. The van der Waals surface area contributed by atoms with Crippen LogP contribution >= 0.6 is 0 Å². The van der Waals surface area contributed by atoms with E-state index in [-0.39, 0.29) is 6.54 Å². The standard InChI is InChI=1S/C20H39NO4/c1-2-3-4-5-6-7-8-9-10-11-12-13-14-15-16-21(19(24)17-22)20(25)18-23/h22-23H,2-18H2,1H3. The van der Waals surface area contributed by atoms with E-state index in [1.54, 1.807) is 0 Å². The molecule has 0 rings (SSSR count). The van der Waals surface area contributed by atoms with E-state index in [1.165, 1.54) is 70.6 Å². The summed E-state index contributed by atoms with van der Waals surface area (Å²) in [5, 5.41) is 17.7. The first-order valence-corrected chi connectivity index (χ1v) is 10.2. The van der Waals surface area contributed by atoms with Gasteiger partial charge in [0.25, 0.3) is 11.8 Å². The predicted octanol–water partition coefficient (Wildman–Crippen LogP) is 3.81. The van der Waals surface area contributed by atoms with Crippen LogP contribution in [0.2, 0.25) is 0 Å². The summed E-state index contributed by atoms with van der Waals surface area (Å²) >= 11 is 0. The molecule has 2 N–H and O–H groups in total. The van der Waals surface area contributed by atoms with Crippen molar-refractivity contribution in [3.63, 3.8) is 0 Å². The van der Waals surface area contributed by atoms with Crippen molar-refractivity contribution in [2.24, 2.45) is 0 Å². The third kappa shape index (κ3) is 14.0. The molecule has 0 aromatic carbocycles. The van der Waals surface area contributed by atoms with Crippen LogP contribution in [0.1, 0.15) is 96.8 Å². The van der Waals surface area contributed by atoms with Crippen molar-refractivity contribution in [1.29, 1.82) is 0 Å². The topological polar surface area (TPSA) is 77.8 Å². The number of carbonyl (C=O) groups excluding carboxylic acids is 2. The molecule has 5 heteroatoms. The Hall–Kier alpha value is -0.940. The van der Waals surface area contributed by atoms with Crippen LogP contribution in [0.4, 0.5) is 0 Å². The Morgan fingerprint density at radius 3 is 1.24 bits per heavy atom.